The van der Waals surface area contributed by atoms with E-state index in [1.807, 2.05) is 0 Å². The summed E-state index contributed by atoms with van der Waals surface area (Å²) in [6, 6.07) is -0.533. The van der Waals surface area contributed by atoms with Crippen molar-refractivity contribution in [2.24, 2.45) is 5.73 Å². The fourth-order valence-corrected chi connectivity index (χ4v) is 1.83. The Kier molecular flexibility index (Phi) is 4.94. The molecule has 0 aromatic carbocycles. The van der Waals surface area contributed by atoms with Crippen LogP contribution in [-0.2, 0) is 18.6 Å². The summed E-state index contributed by atoms with van der Waals surface area (Å²) in [5, 5.41) is 0. The first-order valence-electron chi connectivity index (χ1n) is 4.80. The number of hydrogen-bond donors (Lipinski definition) is 3. The van der Waals surface area contributed by atoms with Gasteiger partial charge in [-0.3, -0.25) is 4.52 Å². The molecule has 0 bridgehead atoms. The molecule has 1 rings (SSSR count). The summed E-state index contributed by atoms with van der Waals surface area (Å²) >= 11 is 0. The van der Waals surface area contributed by atoms with Crippen LogP contribution in [0.25, 0.3) is 0 Å². The van der Waals surface area contributed by atoms with E-state index in [0.717, 1.165) is 0 Å². The molecule has 0 spiro atoms. The number of phosphoric acid groups is 1. The van der Waals surface area contributed by atoms with Gasteiger partial charge in [-0.25, -0.2) is 4.57 Å². The zero-order valence-corrected chi connectivity index (χ0v) is 9.75. The van der Waals surface area contributed by atoms with Gasteiger partial charge in [0.05, 0.1) is 12.7 Å². The zero-order chi connectivity index (χ0) is 12.3. The number of ether oxygens (including phenoxy) is 2. The van der Waals surface area contributed by atoms with Crippen LogP contribution < -0.4 is 5.73 Å². The van der Waals surface area contributed by atoms with Crippen LogP contribution in [0.5, 0.6) is 0 Å². The number of hydrogen-bond acceptors (Lipinski definition) is 5. The Balaban J connectivity index is 2.46. The van der Waals surface area contributed by atoms with Gasteiger partial charge in [0.15, 0.2) is 0 Å². The molecule has 1 fully saturated rings. The highest BCUT2D eigenvalue weighted by Crippen LogP contribution is 2.37. The summed E-state index contributed by atoms with van der Waals surface area (Å²) in [6.45, 7) is 1.36. The third-order valence-electron chi connectivity index (χ3n) is 2.03. The van der Waals surface area contributed by atoms with E-state index in [0.29, 0.717) is 6.42 Å². The predicted octanol–water partition coefficient (Wildman–Crippen LogP) is -0.931. The first kappa shape index (κ1) is 14.1. The van der Waals surface area contributed by atoms with Gasteiger partial charge in [-0.15, -0.1) is 0 Å². The molecule has 16 heavy (non-hydrogen) atoms. The predicted molar refractivity (Wildman–Crippen MR) is 55.6 cm³/mol. The average Bonchev–Trinajstić information content (AvgIpc) is 2.40. The molecule has 0 amide bonds. The van der Waals surface area contributed by atoms with Gasteiger partial charge in [-0.05, 0) is 13.3 Å². The Hall–Kier alpha value is 0.0549. The highest BCUT2D eigenvalue weighted by Gasteiger charge is 2.35. The Labute approximate surface area is 94.9 Å². The van der Waals surface area contributed by atoms with Crippen molar-refractivity contribution in [3.8, 4) is 0 Å². The standard InChI is InChI=1S/C7H15BNO6P/c1-4(9)14-5-2-7(8)15-6(5)3-13-16(10,11)12/h4-7H,2-3,9H2,1H3,(H2,10,11,12)/t4?,5?,6-,7-/m1/s1. The van der Waals surface area contributed by atoms with Gasteiger partial charge in [0.25, 0.3) is 0 Å². The fraction of sp³-hybridized carbons (Fsp3) is 1.00. The zero-order valence-electron chi connectivity index (χ0n) is 8.85. The Morgan fingerprint density at radius 1 is 1.69 bits per heavy atom. The van der Waals surface area contributed by atoms with Crippen molar-refractivity contribution >= 4 is 15.7 Å². The van der Waals surface area contributed by atoms with Crippen molar-refractivity contribution in [1.82, 2.24) is 0 Å². The summed E-state index contributed by atoms with van der Waals surface area (Å²) in [5.41, 5.74) is 5.45. The molecule has 0 saturated carbocycles. The van der Waals surface area contributed by atoms with E-state index in [1.165, 1.54) is 0 Å². The van der Waals surface area contributed by atoms with E-state index in [2.05, 4.69) is 4.52 Å². The van der Waals surface area contributed by atoms with Crippen molar-refractivity contribution in [2.75, 3.05) is 6.61 Å². The highest BCUT2D eigenvalue weighted by molar-refractivity contribution is 7.46. The SMILES string of the molecule is [B][C@H]1CC(OC(C)N)[C@@H](COP(=O)(O)O)O1. The largest absolute Gasteiger partial charge is 0.469 e. The van der Waals surface area contributed by atoms with Gasteiger partial charge in [0.1, 0.15) is 20.2 Å². The lowest BCUT2D eigenvalue weighted by Gasteiger charge is -2.21. The molecule has 1 aliphatic rings. The van der Waals surface area contributed by atoms with Crippen LogP contribution in [0.15, 0.2) is 0 Å². The van der Waals surface area contributed by atoms with Crippen LogP contribution in [0.2, 0.25) is 0 Å². The van der Waals surface area contributed by atoms with E-state index in [1.54, 1.807) is 6.92 Å². The normalized spacial score (nSPS) is 32.9. The smallest absolute Gasteiger partial charge is 0.380 e. The minimum absolute atomic E-state index is 0.282. The minimum Gasteiger partial charge on any atom is -0.380 e. The monoisotopic (exact) mass is 251 g/mol. The molecule has 0 aromatic rings. The Bertz CT molecular complexity index is 272. The molecule has 7 nitrogen and oxygen atoms in total. The van der Waals surface area contributed by atoms with Crippen LogP contribution >= 0.6 is 7.82 Å². The summed E-state index contributed by atoms with van der Waals surface area (Å²) in [5.74, 6) is 0. The van der Waals surface area contributed by atoms with Crippen LogP contribution in [0.3, 0.4) is 0 Å². The van der Waals surface area contributed by atoms with E-state index in [9.17, 15) is 4.57 Å². The third-order valence-corrected chi connectivity index (χ3v) is 2.51. The van der Waals surface area contributed by atoms with Crippen LogP contribution in [0.1, 0.15) is 13.3 Å². The molecule has 2 radical (unpaired) electrons. The topological polar surface area (TPSA) is 111 Å². The lowest BCUT2D eigenvalue weighted by Crippen LogP contribution is -2.34. The van der Waals surface area contributed by atoms with Gasteiger partial charge >= 0.3 is 7.82 Å². The maximum Gasteiger partial charge on any atom is 0.469 e. The summed E-state index contributed by atoms with van der Waals surface area (Å²) in [6.07, 6.45) is -1.12. The molecule has 1 aliphatic heterocycles. The number of phosphoric ester groups is 1. The van der Waals surface area contributed by atoms with E-state index < -0.39 is 32.3 Å². The van der Waals surface area contributed by atoms with Gasteiger partial charge in [-0.2, -0.15) is 0 Å². The van der Waals surface area contributed by atoms with Crippen molar-refractivity contribution in [3.05, 3.63) is 0 Å². The second-order valence-corrected chi connectivity index (χ2v) is 4.85. The van der Waals surface area contributed by atoms with Crippen LogP contribution in [-0.4, -0.2) is 48.7 Å². The summed E-state index contributed by atoms with van der Waals surface area (Å²) in [7, 11) is 1.03. The molecule has 9 heteroatoms. The summed E-state index contributed by atoms with van der Waals surface area (Å²) < 4.78 is 25.4. The molecule has 2 unspecified atom stereocenters. The van der Waals surface area contributed by atoms with Gasteiger partial charge < -0.3 is 25.0 Å². The van der Waals surface area contributed by atoms with E-state index in [-0.39, 0.29) is 6.61 Å². The fourth-order valence-electron chi connectivity index (χ4n) is 1.48. The minimum atomic E-state index is -4.51. The van der Waals surface area contributed by atoms with Gasteiger partial charge in [0.2, 0.25) is 0 Å². The quantitative estimate of drug-likeness (QED) is 0.328. The molecule has 0 aromatic heterocycles. The van der Waals surface area contributed by atoms with Crippen molar-refractivity contribution in [3.63, 3.8) is 0 Å². The Morgan fingerprint density at radius 2 is 2.31 bits per heavy atom. The maximum atomic E-state index is 10.5. The first-order chi connectivity index (χ1) is 7.28. The first-order valence-corrected chi connectivity index (χ1v) is 6.33. The molecular weight excluding hydrogens is 236 g/mol. The van der Waals surface area contributed by atoms with Crippen molar-refractivity contribution in [2.45, 2.75) is 37.8 Å². The van der Waals surface area contributed by atoms with Crippen LogP contribution in [0.4, 0.5) is 0 Å². The molecule has 1 saturated heterocycles. The summed E-state index contributed by atoms with van der Waals surface area (Å²) in [4.78, 5) is 17.1. The molecule has 4 N–H and O–H groups in total. The second-order valence-electron chi connectivity index (χ2n) is 3.61. The number of nitrogens with two attached hydrogens (primary N) is 1. The molecule has 1 heterocycles. The van der Waals surface area contributed by atoms with Crippen molar-refractivity contribution in [1.29, 1.82) is 0 Å². The molecule has 4 atom stereocenters. The third kappa shape index (κ3) is 4.92. The molecular formula is C7H15BNO6P. The van der Waals surface area contributed by atoms with E-state index in [4.69, 9.17) is 32.8 Å². The molecule has 0 aliphatic carbocycles. The lowest BCUT2D eigenvalue weighted by molar-refractivity contribution is -0.0605. The lowest BCUT2D eigenvalue weighted by atomic mass is 9.96. The van der Waals surface area contributed by atoms with Crippen molar-refractivity contribution < 1.29 is 28.3 Å². The van der Waals surface area contributed by atoms with E-state index >= 15 is 0 Å². The average molecular weight is 251 g/mol. The highest BCUT2D eigenvalue weighted by atomic mass is 31.2. The maximum absolute atomic E-state index is 10.5. The van der Waals surface area contributed by atoms with Gasteiger partial charge in [-0.1, -0.05) is 0 Å². The van der Waals surface area contributed by atoms with Crippen LogP contribution in [0, 0.1) is 0 Å². The molecule has 92 valence electrons. The second kappa shape index (κ2) is 5.60. The van der Waals surface area contributed by atoms with Gasteiger partial charge in [0, 0.05) is 6.00 Å². The Morgan fingerprint density at radius 3 is 2.81 bits per heavy atom. The number of rotatable bonds is 5.